The number of nitrogens with one attached hydrogen (secondary N) is 1. The molecule has 3 N–H and O–H groups in total. The van der Waals surface area contributed by atoms with Gasteiger partial charge in [0.1, 0.15) is 5.69 Å². The van der Waals surface area contributed by atoms with Crippen LogP contribution in [0.5, 0.6) is 0 Å². The Bertz CT molecular complexity index is 1020. The first-order valence-electron chi connectivity index (χ1n) is 8.57. The molecule has 1 saturated carbocycles. The number of anilines is 1. The summed E-state index contributed by atoms with van der Waals surface area (Å²) in [4.78, 5) is 24.2. The summed E-state index contributed by atoms with van der Waals surface area (Å²) in [7, 11) is 0. The number of thioether (sulfide) groups is 1. The van der Waals surface area contributed by atoms with Gasteiger partial charge in [0.2, 0.25) is 5.95 Å². The van der Waals surface area contributed by atoms with Gasteiger partial charge in [-0.1, -0.05) is 23.4 Å². The van der Waals surface area contributed by atoms with Crippen LogP contribution in [-0.2, 0) is 5.54 Å². The highest BCUT2D eigenvalue weighted by atomic mass is 35.5. The highest BCUT2D eigenvalue weighted by molar-refractivity contribution is 8.15. The van der Waals surface area contributed by atoms with Gasteiger partial charge >= 0.3 is 0 Å². The fraction of sp³-hybridized carbons (Fsp3) is 0.333. The van der Waals surface area contributed by atoms with E-state index in [0.29, 0.717) is 5.02 Å². The lowest BCUT2D eigenvalue weighted by Gasteiger charge is -2.33. The fourth-order valence-corrected chi connectivity index (χ4v) is 5.13. The van der Waals surface area contributed by atoms with E-state index in [9.17, 15) is 18.0 Å². The van der Waals surface area contributed by atoms with Crippen LogP contribution in [-0.4, -0.2) is 32.2 Å². The third-order valence-corrected chi connectivity index (χ3v) is 6.77. The number of aromatic nitrogens is 2. The topological polar surface area (TPSA) is 93.3 Å². The summed E-state index contributed by atoms with van der Waals surface area (Å²) < 4.78 is 40.5. The predicted octanol–water partition coefficient (Wildman–Crippen LogP) is 3.82. The van der Waals surface area contributed by atoms with Crippen LogP contribution in [0.4, 0.5) is 18.9 Å². The number of fused-ring (bicyclic) bond motifs is 1. The van der Waals surface area contributed by atoms with Crippen molar-refractivity contribution in [3.63, 3.8) is 0 Å². The number of hydrogen-bond donors (Lipinski definition) is 2. The van der Waals surface area contributed by atoms with Gasteiger partial charge in [-0.15, -0.1) is 0 Å². The molecule has 1 amide bonds. The number of carbonyl (C=O) groups is 1. The molecule has 3 atom stereocenters. The Balaban J connectivity index is 1.66. The Morgan fingerprint density at radius 1 is 1.38 bits per heavy atom. The van der Waals surface area contributed by atoms with E-state index < -0.39 is 34.5 Å². The zero-order chi connectivity index (χ0) is 21.0. The zero-order valence-corrected chi connectivity index (χ0v) is 16.6. The van der Waals surface area contributed by atoms with E-state index in [0.717, 1.165) is 18.0 Å². The van der Waals surface area contributed by atoms with Gasteiger partial charge in [0.05, 0.1) is 27.2 Å². The molecule has 2 aromatic rings. The van der Waals surface area contributed by atoms with Gasteiger partial charge < -0.3 is 11.1 Å². The van der Waals surface area contributed by atoms with Crippen LogP contribution in [0.25, 0.3) is 0 Å². The molecule has 3 heterocycles. The summed E-state index contributed by atoms with van der Waals surface area (Å²) in [6.07, 6.45) is -0.0184. The number of amidine groups is 1. The molecular formula is C18H15ClF3N5OS. The quantitative estimate of drug-likeness (QED) is 0.703. The number of carbonyl (C=O) groups excluding carboxylic acids is 1. The lowest BCUT2D eigenvalue weighted by Crippen LogP contribution is -2.39. The van der Waals surface area contributed by atoms with Crippen molar-refractivity contribution in [2.45, 2.75) is 30.1 Å². The Hall–Kier alpha value is -2.33. The van der Waals surface area contributed by atoms with E-state index in [-0.39, 0.29) is 28.5 Å². The molecule has 0 aromatic carbocycles. The maximum atomic E-state index is 14.6. The number of hydrogen-bond acceptors (Lipinski definition) is 6. The van der Waals surface area contributed by atoms with Crippen molar-refractivity contribution in [1.82, 2.24) is 9.97 Å². The Labute approximate surface area is 173 Å². The molecule has 2 aliphatic rings. The minimum atomic E-state index is -2.62. The van der Waals surface area contributed by atoms with Gasteiger partial charge in [0.25, 0.3) is 12.3 Å². The van der Waals surface area contributed by atoms with Crippen molar-refractivity contribution < 1.29 is 18.0 Å². The predicted molar refractivity (Wildman–Crippen MR) is 105 cm³/mol. The smallest absolute Gasteiger partial charge is 0.274 e. The monoisotopic (exact) mass is 441 g/mol. The van der Waals surface area contributed by atoms with Crippen LogP contribution in [0.2, 0.25) is 5.02 Å². The number of nitrogens with zero attached hydrogens (tertiary/aromatic N) is 3. The molecular weight excluding hydrogens is 427 g/mol. The van der Waals surface area contributed by atoms with Gasteiger partial charge in [-0.05, 0) is 31.5 Å². The molecule has 152 valence electrons. The van der Waals surface area contributed by atoms with Crippen LogP contribution in [0, 0.1) is 11.9 Å². The summed E-state index contributed by atoms with van der Waals surface area (Å²) in [5, 5.41) is 2.91. The van der Waals surface area contributed by atoms with Gasteiger partial charge in [0, 0.05) is 17.7 Å². The van der Waals surface area contributed by atoms with Gasteiger partial charge in [-0.2, -0.15) is 4.39 Å². The van der Waals surface area contributed by atoms with Gasteiger partial charge in [-0.3, -0.25) is 9.79 Å². The number of halogens is 4. The maximum absolute atomic E-state index is 14.6. The SMILES string of the molecule is C[C@@]1(c2cc(NC(=O)c3ccc(Cl)cn3)cnc2F)N=C(N)S[C@@]2(C(F)F)C[C@@H]12. The van der Waals surface area contributed by atoms with Crippen molar-refractivity contribution in [2.24, 2.45) is 16.6 Å². The number of nitrogens with two attached hydrogens (primary N) is 1. The van der Waals surface area contributed by atoms with Crippen LogP contribution in [0.1, 0.15) is 29.4 Å². The lowest BCUT2D eigenvalue weighted by molar-refractivity contribution is 0.102. The summed E-state index contributed by atoms with van der Waals surface area (Å²) in [5.41, 5.74) is 4.75. The molecule has 0 unspecified atom stereocenters. The van der Waals surface area contributed by atoms with Crippen molar-refractivity contribution >= 4 is 40.1 Å². The highest BCUT2D eigenvalue weighted by Crippen LogP contribution is 2.68. The first kappa shape index (κ1) is 20.0. The Morgan fingerprint density at radius 3 is 2.79 bits per heavy atom. The maximum Gasteiger partial charge on any atom is 0.274 e. The molecule has 2 aromatic heterocycles. The normalized spacial score (nSPS) is 27.9. The summed E-state index contributed by atoms with van der Waals surface area (Å²) >= 11 is 6.59. The molecule has 0 spiro atoms. The summed E-state index contributed by atoms with van der Waals surface area (Å²) in [6, 6.07) is 4.28. The highest BCUT2D eigenvalue weighted by Gasteiger charge is 2.71. The first-order chi connectivity index (χ1) is 13.7. The van der Waals surface area contributed by atoms with Gasteiger partial charge in [-0.25, -0.2) is 18.7 Å². The molecule has 0 radical (unpaired) electrons. The van der Waals surface area contributed by atoms with Crippen LogP contribution in [0.15, 0.2) is 35.6 Å². The number of aliphatic imine (C=N–C) groups is 1. The average Bonchev–Trinajstić information content (AvgIpc) is 3.40. The molecule has 0 bridgehead atoms. The van der Waals surface area contributed by atoms with Crippen LogP contribution >= 0.6 is 23.4 Å². The molecule has 1 fully saturated rings. The molecule has 1 aliphatic carbocycles. The van der Waals surface area contributed by atoms with Crippen LogP contribution < -0.4 is 11.1 Å². The first-order valence-corrected chi connectivity index (χ1v) is 9.76. The Morgan fingerprint density at radius 2 is 2.14 bits per heavy atom. The summed E-state index contributed by atoms with van der Waals surface area (Å²) in [6.45, 7) is 1.56. The zero-order valence-electron chi connectivity index (χ0n) is 15.0. The van der Waals surface area contributed by atoms with E-state index >= 15 is 0 Å². The number of amides is 1. The molecule has 4 rings (SSSR count). The minimum Gasteiger partial charge on any atom is -0.378 e. The molecule has 0 saturated heterocycles. The number of pyridine rings is 2. The van der Waals surface area contributed by atoms with E-state index in [1.54, 1.807) is 6.92 Å². The number of alkyl halides is 2. The van der Waals surface area contributed by atoms with Crippen molar-refractivity contribution in [3.8, 4) is 0 Å². The van der Waals surface area contributed by atoms with Gasteiger partial charge in [0.15, 0.2) is 5.17 Å². The number of rotatable bonds is 4. The molecule has 11 heteroatoms. The third kappa shape index (κ3) is 3.33. The van der Waals surface area contributed by atoms with Crippen molar-refractivity contribution in [2.75, 3.05) is 5.32 Å². The van der Waals surface area contributed by atoms with E-state index in [1.165, 1.54) is 24.4 Å². The van der Waals surface area contributed by atoms with Crippen molar-refractivity contribution in [1.29, 1.82) is 0 Å². The van der Waals surface area contributed by atoms with Crippen LogP contribution in [0.3, 0.4) is 0 Å². The van der Waals surface area contributed by atoms with E-state index in [2.05, 4.69) is 20.3 Å². The molecule has 29 heavy (non-hydrogen) atoms. The summed E-state index contributed by atoms with van der Waals surface area (Å²) in [5.74, 6) is -2.01. The van der Waals surface area contributed by atoms with Crippen molar-refractivity contribution in [3.05, 3.63) is 52.8 Å². The second-order valence-electron chi connectivity index (χ2n) is 7.09. The van der Waals surface area contributed by atoms with E-state index in [1.807, 2.05) is 0 Å². The average molecular weight is 442 g/mol. The molecule has 6 nitrogen and oxygen atoms in total. The largest absolute Gasteiger partial charge is 0.378 e. The standard InChI is InChI=1S/C18H15ClF3N5OS/c1-17(12-5-18(12,15(21)22)29-16(23)27-17)10-4-9(7-25-13(10)20)26-14(28)11-3-2-8(19)6-24-11/h2-4,6-7,12,15H,5H2,1H3,(H2,23,27)(H,26,28)/t12-,17-,18-/m0/s1. The molecule has 1 aliphatic heterocycles. The fourth-order valence-electron chi connectivity index (χ4n) is 3.68. The lowest BCUT2D eigenvalue weighted by atomic mass is 9.86. The third-order valence-electron chi connectivity index (χ3n) is 5.24. The second kappa shape index (κ2) is 6.88. The minimum absolute atomic E-state index is 0.00450. The van der Waals surface area contributed by atoms with E-state index in [4.69, 9.17) is 17.3 Å². The second-order valence-corrected chi connectivity index (χ2v) is 8.91. The Kier molecular flexibility index (Phi) is 4.73.